The predicted molar refractivity (Wildman–Crippen MR) is 161 cm³/mol. The Morgan fingerprint density at radius 1 is 0.675 bits per heavy atom. The number of carbonyl (C=O) groups excluding carboxylic acids is 2. The second-order valence-corrected chi connectivity index (χ2v) is 11.8. The summed E-state index contributed by atoms with van der Waals surface area (Å²) >= 11 is 2.37. The molecule has 0 bridgehead atoms. The van der Waals surface area contributed by atoms with Crippen molar-refractivity contribution in [3.8, 4) is 23.3 Å². The first-order valence-corrected chi connectivity index (χ1v) is 14.1. The number of hydrogen-bond donors (Lipinski definition) is 0. The number of thioether (sulfide) groups is 2. The number of carbonyl (C=O) groups is 2. The zero-order valence-corrected chi connectivity index (χ0v) is 23.4. The SMILES string of the molecule is CC(=O)Sc1ccc(C2=CC=C=C3C=C(c4ccc(-c5ccc(SC(C)=O)cc5)cc4)C(C#N)(C#N)C3=C2)cc1. The molecule has 2 aliphatic rings. The lowest BCUT2D eigenvalue weighted by atomic mass is 9.76. The van der Waals surface area contributed by atoms with Crippen molar-refractivity contribution in [3.63, 3.8) is 0 Å². The summed E-state index contributed by atoms with van der Waals surface area (Å²) in [5.74, 6) is 0. The molecule has 0 unspecified atom stereocenters. The van der Waals surface area contributed by atoms with E-state index in [0.29, 0.717) is 16.7 Å². The van der Waals surface area contributed by atoms with E-state index in [1.807, 2.05) is 97.1 Å². The van der Waals surface area contributed by atoms with Gasteiger partial charge in [-0.25, -0.2) is 0 Å². The fraction of sp³-hybridized carbons (Fsp3) is 0.0882. The zero-order chi connectivity index (χ0) is 28.3. The van der Waals surface area contributed by atoms with Gasteiger partial charge in [0.15, 0.2) is 15.6 Å². The quantitative estimate of drug-likeness (QED) is 0.234. The second kappa shape index (κ2) is 11.3. The van der Waals surface area contributed by atoms with Crippen LogP contribution in [0.25, 0.3) is 22.3 Å². The molecule has 40 heavy (non-hydrogen) atoms. The minimum Gasteiger partial charge on any atom is -0.287 e. The van der Waals surface area contributed by atoms with Gasteiger partial charge >= 0.3 is 0 Å². The van der Waals surface area contributed by atoms with Gasteiger partial charge in [-0.2, -0.15) is 10.5 Å². The summed E-state index contributed by atoms with van der Waals surface area (Å²) in [6.07, 6.45) is 7.49. The monoisotopic (exact) mass is 554 g/mol. The Kier molecular flexibility index (Phi) is 7.60. The van der Waals surface area contributed by atoms with Gasteiger partial charge in [0.1, 0.15) is 0 Å². The van der Waals surface area contributed by atoms with E-state index in [-0.39, 0.29) is 10.2 Å². The molecule has 3 aromatic carbocycles. The van der Waals surface area contributed by atoms with E-state index >= 15 is 0 Å². The maximum Gasteiger partial charge on any atom is 0.195 e. The minimum absolute atomic E-state index is 0.0208. The van der Waals surface area contributed by atoms with Crippen LogP contribution in [0.3, 0.4) is 0 Å². The van der Waals surface area contributed by atoms with Gasteiger partial charge in [0.25, 0.3) is 0 Å². The summed E-state index contributed by atoms with van der Waals surface area (Å²) < 4.78 is 0. The Labute approximate surface area is 241 Å². The normalized spacial score (nSPS) is 14.9. The fourth-order valence-electron chi connectivity index (χ4n) is 4.76. The van der Waals surface area contributed by atoms with Gasteiger partial charge in [0, 0.05) is 34.8 Å². The lowest BCUT2D eigenvalue weighted by Gasteiger charge is -2.20. The molecule has 2 aliphatic carbocycles. The molecule has 5 rings (SSSR count). The van der Waals surface area contributed by atoms with Gasteiger partial charge in [-0.1, -0.05) is 72.1 Å². The van der Waals surface area contributed by atoms with Crippen molar-refractivity contribution in [2.24, 2.45) is 5.41 Å². The van der Waals surface area contributed by atoms with E-state index in [1.165, 1.54) is 30.4 Å². The summed E-state index contributed by atoms with van der Waals surface area (Å²) in [4.78, 5) is 24.6. The molecule has 4 nitrogen and oxygen atoms in total. The topological polar surface area (TPSA) is 81.7 Å². The highest BCUT2D eigenvalue weighted by molar-refractivity contribution is 8.13. The first-order valence-electron chi connectivity index (χ1n) is 12.5. The maximum atomic E-state index is 11.4. The van der Waals surface area contributed by atoms with Crippen molar-refractivity contribution in [2.45, 2.75) is 23.6 Å². The third kappa shape index (κ3) is 5.30. The van der Waals surface area contributed by atoms with E-state index in [4.69, 9.17) is 0 Å². The molecule has 6 heteroatoms. The summed E-state index contributed by atoms with van der Waals surface area (Å²) in [6, 6.07) is 27.9. The number of benzene rings is 3. The highest BCUT2D eigenvalue weighted by Crippen LogP contribution is 2.51. The molecule has 0 aromatic heterocycles. The number of hydrogen-bond acceptors (Lipinski definition) is 6. The van der Waals surface area contributed by atoms with E-state index in [0.717, 1.165) is 37.6 Å². The second-order valence-electron chi connectivity index (χ2n) is 9.25. The highest BCUT2D eigenvalue weighted by Gasteiger charge is 2.46. The Hall–Kier alpha value is -4.58. The van der Waals surface area contributed by atoms with Crippen LogP contribution >= 0.6 is 23.5 Å². The fourth-order valence-corrected chi connectivity index (χ4v) is 5.97. The molecule has 0 amide bonds. The van der Waals surface area contributed by atoms with Gasteiger partial charge in [0.2, 0.25) is 0 Å². The summed E-state index contributed by atoms with van der Waals surface area (Å²) in [5.41, 5.74) is 8.23. The first-order chi connectivity index (χ1) is 19.3. The predicted octanol–water partition coefficient (Wildman–Crippen LogP) is 8.17. The number of allylic oxidation sites excluding steroid dienone is 7. The maximum absolute atomic E-state index is 11.4. The van der Waals surface area contributed by atoms with Crippen LogP contribution in [0, 0.1) is 28.1 Å². The Morgan fingerprint density at radius 3 is 1.65 bits per heavy atom. The molecule has 0 aliphatic heterocycles. The van der Waals surface area contributed by atoms with Gasteiger partial charge in [-0.3, -0.25) is 9.59 Å². The average Bonchev–Trinajstić information content (AvgIpc) is 3.09. The third-order valence-electron chi connectivity index (χ3n) is 6.62. The van der Waals surface area contributed by atoms with E-state index < -0.39 is 5.41 Å². The Bertz CT molecular complexity index is 1760. The Balaban J connectivity index is 1.47. The van der Waals surface area contributed by atoms with Crippen LogP contribution in [0.1, 0.15) is 25.0 Å². The molecule has 0 atom stereocenters. The number of rotatable bonds is 5. The molecular formula is C34H22N2O2S2. The van der Waals surface area contributed by atoms with Gasteiger partial charge < -0.3 is 0 Å². The summed E-state index contributed by atoms with van der Waals surface area (Å²) in [6.45, 7) is 3.08. The number of fused-ring (bicyclic) bond motifs is 1. The zero-order valence-electron chi connectivity index (χ0n) is 21.8. The largest absolute Gasteiger partial charge is 0.287 e. The molecule has 0 N–H and O–H groups in total. The Morgan fingerprint density at radius 2 is 1.15 bits per heavy atom. The van der Waals surface area contributed by atoms with Crippen LogP contribution in [0.5, 0.6) is 0 Å². The van der Waals surface area contributed by atoms with Crippen molar-refractivity contribution in [3.05, 3.63) is 125 Å². The number of nitrogens with zero attached hydrogens (tertiary/aromatic N) is 2. The number of nitriles is 2. The molecule has 192 valence electrons. The molecule has 3 aromatic rings. The molecule has 0 heterocycles. The van der Waals surface area contributed by atoms with Crippen LogP contribution in [0.2, 0.25) is 0 Å². The summed E-state index contributed by atoms with van der Waals surface area (Å²) in [5, 5.41) is 20.8. The highest BCUT2D eigenvalue weighted by atomic mass is 32.2. The molecule has 0 fully saturated rings. The molecular weight excluding hydrogens is 533 g/mol. The molecule has 0 radical (unpaired) electrons. The average molecular weight is 555 g/mol. The lowest BCUT2D eigenvalue weighted by molar-refractivity contribution is -0.109. The van der Waals surface area contributed by atoms with Gasteiger partial charge in [-0.05, 0) is 82.0 Å². The van der Waals surface area contributed by atoms with Crippen molar-refractivity contribution < 1.29 is 9.59 Å². The van der Waals surface area contributed by atoms with E-state index in [9.17, 15) is 20.1 Å². The minimum atomic E-state index is -1.49. The third-order valence-corrected chi connectivity index (χ3v) is 8.21. The smallest absolute Gasteiger partial charge is 0.195 e. The first kappa shape index (κ1) is 27.0. The van der Waals surface area contributed by atoms with E-state index in [1.54, 1.807) is 6.92 Å². The van der Waals surface area contributed by atoms with E-state index in [2.05, 4.69) is 17.9 Å². The van der Waals surface area contributed by atoms with Crippen LogP contribution < -0.4 is 0 Å². The van der Waals surface area contributed by atoms with Crippen molar-refractivity contribution in [1.82, 2.24) is 0 Å². The van der Waals surface area contributed by atoms with Crippen LogP contribution in [-0.4, -0.2) is 10.2 Å². The van der Waals surface area contributed by atoms with Crippen molar-refractivity contribution in [2.75, 3.05) is 0 Å². The molecule has 0 saturated heterocycles. The standard InChI is InChI=1S/C34H22N2O2S2/c1-22(37)39-30-14-10-25(11-15-30)24-6-8-27(9-7-24)32-19-29-5-3-4-28(18-33(29)34(32,20-35)21-36)26-12-16-31(17-13-26)40-23(2)38/h3-4,6-19H,1-2H3. The van der Waals surface area contributed by atoms with Crippen molar-refractivity contribution in [1.29, 1.82) is 10.5 Å². The van der Waals surface area contributed by atoms with Crippen LogP contribution in [0.15, 0.2) is 124 Å². The van der Waals surface area contributed by atoms with Gasteiger partial charge in [0.05, 0.1) is 12.1 Å². The lowest BCUT2D eigenvalue weighted by Crippen LogP contribution is -2.18. The van der Waals surface area contributed by atoms with Crippen LogP contribution in [0.4, 0.5) is 0 Å². The van der Waals surface area contributed by atoms with Gasteiger partial charge in [-0.15, -0.1) is 5.73 Å². The molecule has 0 spiro atoms. The molecule has 0 saturated carbocycles. The van der Waals surface area contributed by atoms with Crippen LogP contribution in [-0.2, 0) is 9.59 Å². The summed E-state index contributed by atoms with van der Waals surface area (Å²) in [7, 11) is 0. The van der Waals surface area contributed by atoms with Crippen molar-refractivity contribution >= 4 is 44.9 Å².